The summed E-state index contributed by atoms with van der Waals surface area (Å²) >= 11 is 0. The number of fused-ring (bicyclic) bond motifs is 2. The van der Waals surface area contributed by atoms with E-state index in [2.05, 4.69) is 17.6 Å². The summed E-state index contributed by atoms with van der Waals surface area (Å²) in [6, 6.07) is -0.573. The number of halogens is 1. The summed E-state index contributed by atoms with van der Waals surface area (Å²) in [4.78, 5) is 23.4. The van der Waals surface area contributed by atoms with Crippen molar-refractivity contribution >= 4 is 11.9 Å². The fourth-order valence-electron chi connectivity index (χ4n) is 4.19. The molecule has 1 aliphatic carbocycles. The summed E-state index contributed by atoms with van der Waals surface area (Å²) in [7, 11) is 0. The third kappa shape index (κ3) is 4.31. The van der Waals surface area contributed by atoms with E-state index in [0.29, 0.717) is 19.4 Å². The maximum Gasteiger partial charge on any atom is 0.323 e. The highest BCUT2D eigenvalue weighted by atomic mass is 19.1. The molecule has 3 aliphatic rings. The molecule has 25 heavy (non-hydrogen) atoms. The van der Waals surface area contributed by atoms with Crippen LogP contribution in [0.3, 0.4) is 0 Å². The second kappa shape index (κ2) is 8.45. The van der Waals surface area contributed by atoms with E-state index in [4.69, 9.17) is 9.47 Å². The van der Waals surface area contributed by atoms with Crippen molar-refractivity contribution in [3.8, 4) is 0 Å². The lowest BCUT2D eigenvalue weighted by Crippen LogP contribution is -2.65. The number of amides is 3. The highest BCUT2D eigenvalue weighted by Crippen LogP contribution is 2.41. The van der Waals surface area contributed by atoms with E-state index in [-0.39, 0.29) is 11.8 Å². The lowest BCUT2D eigenvalue weighted by molar-refractivity contribution is -0.196. The molecule has 6 unspecified atom stereocenters. The highest BCUT2D eigenvalue weighted by molar-refractivity contribution is 5.98. The van der Waals surface area contributed by atoms with Crippen LogP contribution in [0, 0.1) is 11.8 Å². The number of urea groups is 1. The Morgan fingerprint density at radius 3 is 2.80 bits per heavy atom. The predicted molar refractivity (Wildman–Crippen MR) is 89.6 cm³/mol. The second-order valence-corrected chi connectivity index (χ2v) is 7.43. The zero-order valence-electron chi connectivity index (χ0n) is 14.8. The molecule has 3 rings (SSSR count). The summed E-state index contributed by atoms with van der Waals surface area (Å²) in [6.07, 6.45) is 4.70. The van der Waals surface area contributed by atoms with Gasteiger partial charge in [-0.25, -0.2) is 9.18 Å². The normalized spacial score (nSPS) is 37.7. The molecule has 0 radical (unpaired) electrons. The molecule has 1 saturated carbocycles. The fraction of sp³-hybridized carbons (Fsp3) is 0.889. The number of hydrogen-bond acceptors (Lipinski definition) is 4. The van der Waals surface area contributed by atoms with Gasteiger partial charge in [0.1, 0.15) is 6.23 Å². The minimum absolute atomic E-state index is 0.00130. The summed E-state index contributed by atoms with van der Waals surface area (Å²) in [5.41, 5.74) is 0. The fourth-order valence-corrected chi connectivity index (χ4v) is 4.19. The number of ether oxygens (including phenoxy) is 2. The van der Waals surface area contributed by atoms with Crippen molar-refractivity contribution in [3.05, 3.63) is 0 Å². The van der Waals surface area contributed by atoms with Crippen molar-refractivity contribution < 1.29 is 23.5 Å². The number of imide groups is 1. The average Bonchev–Trinajstić information content (AvgIpc) is 2.59. The number of hydrogen-bond donors (Lipinski definition) is 2. The van der Waals surface area contributed by atoms with Crippen LogP contribution in [-0.2, 0) is 14.3 Å². The monoisotopic (exact) mass is 356 g/mol. The van der Waals surface area contributed by atoms with Crippen molar-refractivity contribution in [2.75, 3.05) is 6.61 Å². The quantitative estimate of drug-likeness (QED) is 0.688. The maximum atomic E-state index is 14.9. The minimum atomic E-state index is -1.21. The molecular weight excluding hydrogens is 327 g/mol. The Balaban J connectivity index is 1.49. The maximum absolute atomic E-state index is 14.9. The Morgan fingerprint density at radius 1 is 1.20 bits per heavy atom. The summed E-state index contributed by atoms with van der Waals surface area (Å²) in [5, 5.41) is 4.84. The van der Waals surface area contributed by atoms with Crippen LogP contribution >= 0.6 is 0 Å². The molecule has 3 amide bonds. The summed E-state index contributed by atoms with van der Waals surface area (Å²) in [6.45, 7) is 2.76. The third-order valence-electron chi connectivity index (χ3n) is 5.61. The van der Waals surface area contributed by atoms with E-state index in [1.165, 1.54) is 19.3 Å². The van der Waals surface area contributed by atoms with Gasteiger partial charge < -0.3 is 14.8 Å². The van der Waals surface area contributed by atoms with E-state index in [9.17, 15) is 14.0 Å². The molecule has 142 valence electrons. The van der Waals surface area contributed by atoms with Gasteiger partial charge in [0.15, 0.2) is 6.17 Å². The molecule has 2 heterocycles. The van der Waals surface area contributed by atoms with E-state index in [1.54, 1.807) is 0 Å². The van der Waals surface area contributed by atoms with Crippen LogP contribution in [0.1, 0.15) is 58.3 Å². The first-order valence-corrected chi connectivity index (χ1v) is 9.62. The van der Waals surface area contributed by atoms with Crippen LogP contribution < -0.4 is 10.6 Å². The van der Waals surface area contributed by atoms with Crippen LogP contribution in [0.4, 0.5) is 9.18 Å². The van der Waals surface area contributed by atoms with Gasteiger partial charge in [0.05, 0.1) is 18.1 Å². The molecular formula is C18H29FN2O4. The number of carbonyl (C=O) groups excluding carboxylic acids is 2. The van der Waals surface area contributed by atoms with Crippen molar-refractivity contribution in [1.29, 1.82) is 0 Å². The van der Waals surface area contributed by atoms with Gasteiger partial charge in [-0.05, 0) is 31.6 Å². The number of carbonyl (C=O) groups is 2. The molecule has 2 N–H and O–H groups in total. The zero-order valence-corrected chi connectivity index (χ0v) is 14.8. The van der Waals surface area contributed by atoms with Crippen molar-refractivity contribution in [1.82, 2.24) is 10.6 Å². The number of nitrogens with one attached hydrogen (secondary N) is 2. The minimum Gasteiger partial charge on any atom is -0.375 e. The summed E-state index contributed by atoms with van der Waals surface area (Å²) in [5.74, 6) is -0.753. The second-order valence-electron chi connectivity index (χ2n) is 7.43. The van der Waals surface area contributed by atoms with Crippen LogP contribution in [-0.4, -0.2) is 43.2 Å². The first-order valence-electron chi connectivity index (χ1n) is 9.62. The molecule has 7 heteroatoms. The first kappa shape index (κ1) is 18.6. The van der Waals surface area contributed by atoms with Gasteiger partial charge in [-0.3, -0.25) is 10.1 Å². The zero-order chi connectivity index (χ0) is 17.8. The largest absolute Gasteiger partial charge is 0.375 e. The molecule has 0 bridgehead atoms. The third-order valence-corrected chi connectivity index (χ3v) is 5.61. The Kier molecular flexibility index (Phi) is 6.28. The standard InChI is InChI=1S/C18H29FN2O4/c1-2-3-4-5-6-9-24-13-8-7-11-10-12-16(22)20-18(23)21-17(12)25-15(11)14(13)19/h11-15,17H,2-10H2,1H3,(H2,20,21,22,23). The Morgan fingerprint density at radius 2 is 2.00 bits per heavy atom. The molecule has 2 saturated heterocycles. The lowest BCUT2D eigenvalue weighted by Gasteiger charge is -2.47. The van der Waals surface area contributed by atoms with Crippen molar-refractivity contribution in [2.45, 2.75) is 82.9 Å². The van der Waals surface area contributed by atoms with Gasteiger partial charge in [0.2, 0.25) is 5.91 Å². The Hall–Kier alpha value is -1.21. The molecule has 6 atom stereocenters. The molecule has 3 fully saturated rings. The van der Waals surface area contributed by atoms with Gasteiger partial charge in [0.25, 0.3) is 0 Å². The van der Waals surface area contributed by atoms with Crippen LogP contribution in [0.2, 0.25) is 0 Å². The number of rotatable bonds is 7. The molecule has 6 nitrogen and oxygen atoms in total. The Bertz CT molecular complexity index is 490. The van der Waals surface area contributed by atoms with Crippen molar-refractivity contribution in [2.24, 2.45) is 11.8 Å². The first-order chi connectivity index (χ1) is 12.1. The van der Waals surface area contributed by atoms with Crippen LogP contribution in [0.5, 0.6) is 0 Å². The highest BCUT2D eigenvalue weighted by Gasteiger charge is 2.51. The Labute approximate surface area is 148 Å². The van der Waals surface area contributed by atoms with Crippen LogP contribution in [0.25, 0.3) is 0 Å². The molecule has 0 spiro atoms. The molecule has 0 aromatic carbocycles. The average molecular weight is 356 g/mol. The van der Waals surface area contributed by atoms with Crippen LogP contribution in [0.15, 0.2) is 0 Å². The van der Waals surface area contributed by atoms with Crippen molar-refractivity contribution in [3.63, 3.8) is 0 Å². The topological polar surface area (TPSA) is 76.7 Å². The van der Waals surface area contributed by atoms with E-state index < -0.39 is 36.6 Å². The lowest BCUT2D eigenvalue weighted by atomic mass is 9.75. The van der Waals surface area contributed by atoms with Gasteiger partial charge in [-0.1, -0.05) is 32.6 Å². The molecule has 2 aliphatic heterocycles. The van der Waals surface area contributed by atoms with Gasteiger partial charge in [-0.2, -0.15) is 0 Å². The molecule has 0 aromatic rings. The van der Waals surface area contributed by atoms with Gasteiger partial charge in [0, 0.05) is 6.61 Å². The molecule has 0 aromatic heterocycles. The van der Waals surface area contributed by atoms with E-state index >= 15 is 0 Å². The van der Waals surface area contributed by atoms with Gasteiger partial charge >= 0.3 is 6.03 Å². The number of unbranched alkanes of at least 4 members (excludes halogenated alkanes) is 4. The van der Waals surface area contributed by atoms with Gasteiger partial charge in [-0.15, -0.1) is 0 Å². The predicted octanol–water partition coefficient (Wildman–Crippen LogP) is 2.66. The number of alkyl halides is 1. The van der Waals surface area contributed by atoms with E-state index in [1.807, 2.05) is 0 Å². The van der Waals surface area contributed by atoms with E-state index in [0.717, 1.165) is 19.3 Å². The SMILES string of the molecule is CCCCCCCOC1CCC2CC3C(=O)NC(=O)NC3OC2C1F. The smallest absolute Gasteiger partial charge is 0.323 e. The summed E-state index contributed by atoms with van der Waals surface area (Å²) < 4.78 is 26.5.